The Hall–Kier alpha value is -3.36. The van der Waals surface area contributed by atoms with E-state index in [1.54, 1.807) is 0 Å². The van der Waals surface area contributed by atoms with E-state index in [1.807, 2.05) is 0 Å². The highest BCUT2D eigenvalue weighted by atomic mass is 16.7. The fourth-order valence-corrected chi connectivity index (χ4v) is 3.02. The molecule has 166 valence electrons. The van der Waals surface area contributed by atoms with Crippen molar-refractivity contribution in [3.63, 3.8) is 0 Å². The van der Waals surface area contributed by atoms with Crippen LogP contribution in [0.2, 0.25) is 0 Å². The standard InChI is InChI=1S/C18H19N3O10/c22-8-13-15(23)16(24)17(25)18(31-13)30-10-6-4-9(5-7-10)19-14-11(20(26)27)2-1-3-12(14)21(28)29/h1-7,13,15-19,22-25H,8H2. The average Bonchev–Trinajstić information content (AvgIpc) is 2.75. The van der Waals surface area contributed by atoms with Crippen molar-refractivity contribution < 1.29 is 39.7 Å². The fraction of sp³-hybridized carbons (Fsp3) is 0.333. The van der Waals surface area contributed by atoms with E-state index in [9.17, 15) is 40.7 Å². The Morgan fingerprint density at radius 1 is 0.935 bits per heavy atom. The fourth-order valence-electron chi connectivity index (χ4n) is 3.02. The summed E-state index contributed by atoms with van der Waals surface area (Å²) >= 11 is 0. The number of nitrogens with zero attached hydrogens (tertiary/aromatic N) is 2. The van der Waals surface area contributed by atoms with Crippen molar-refractivity contribution >= 4 is 22.7 Å². The van der Waals surface area contributed by atoms with Crippen LogP contribution in [0.3, 0.4) is 0 Å². The Morgan fingerprint density at radius 2 is 1.52 bits per heavy atom. The molecule has 1 aliphatic heterocycles. The summed E-state index contributed by atoms with van der Waals surface area (Å²) in [4.78, 5) is 21.0. The zero-order valence-corrected chi connectivity index (χ0v) is 15.8. The van der Waals surface area contributed by atoms with E-state index in [0.717, 1.165) is 12.1 Å². The number of hydrogen-bond donors (Lipinski definition) is 5. The number of nitro groups is 2. The van der Waals surface area contributed by atoms with Gasteiger partial charge in [0, 0.05) is 17.8 Å². The van der Waals surface area contributed by atoms with E-state index >= 15 is 0 Å². The lowest BCUT2D eigenvalue weighted by Crippen LogP contribution is -2.60. The number of hydrogen-bond acceptors (Lipinski definition) is 11. The molecule has 31 heavy (non-hydrogen) atoms. The smallest absolute Gasteiger partial charge is 0.299 e. The quantitative estimate of drug-likeness (QED) is 0.297. The molecule has 5 unspecified atom stereocenters. The van der Waals surface area contributed by atoms with Crippen molar-refractivity contribution in [2.24, 2.45) is 0 Å². The Labute approximate surface area is 174 Å². The summed E-state index contributed by atoms with van der Waals surface area (Å²) in [6.45, 7) is -0.609. The predicted molar refractivity (Wildman–Crippen MR) is 104 cm³/mol. The number of aliphatic hydroxyl groups is 4. The number of benzene rings is 2. The lowest BCUT2D eigenvalue weighted by Gasteiger charge is -2.39. The number of ether oxygens (including phenoxy) is 2. The van der Waals surface area contributed by atoms with Crippen molar-refractivity contribution in [2.75, 3.05) is 11.9 Å². The highest BCUT2D eigenvalue weighted by Gasteiger charge is 2.44. The number of anilines is 2. The first kappa shape index (κ1) is 22.3. The maximum atomic E-state index is 11.2. The summed E-state index contributed by atoms with van der Waals surface area (Å²) < 4.78 is 10.7. The van der Waals surface area contributed by atoms with Gasteiger partial charge >= 0.3 is 0 Å². The largest absolute Gasteiger partial charge is 0.462 e. The topological polar surface area (TPSA) is 198 Å². The molecular weight excluding hydrogens is 418 g/mol. The maximum absolute atomic E-state index is 11.2. The molecule has 1 fully saturated rings. The summed E-state index contributed by atoms with van der Waals surface area (Å²) in [7, 11) is 0. The van der Waals surface area contributed by atoms with Gasteiger partial charge in [-0.2, -0.15) is 0 Å². The minimum absolute atomic E-state index is 0.159. The Kier molecular flexibility index (Phi) is 6.62. The minimum Gasteiger partial charge on any atom is -0.462 e. The van der Waals surface area contributed by atoms with E-state index in [1.165, 1.54) is 30.3 Å². The van der Waals surface area contributed by atoms with Crippen LogP contribution in [0.1, 0.15) is 0 Å². The molecule has 0 bridgehead atoms. The van der Waals surface area contributed by atoms with Gasteiger partial charge < -0.3 is 35.2 Å². The van der Waals surface area contributed by atoms with Gasteiger partial charge in [0.2, 0.25) is 6.29 Å². The second kappa shape index (κ2) is 9.20. The van der Waals surface area contributed by atoms with Crippen LogP contribution in [0.25, 0.3) is 0 Å². The second-order valence-corrected chi connectivity index (χ2v) is 6.65. The first-order valence-corrected chi connectivity index (χ1v) is 8.99. The van der Waals surface area contributed by atoms with Crippen molar-refractivity contribution in [1.29, 1.82) is 0 Å². The van der Waals surface area contributed by atoms with Crippen molar-refractivity contribution in [2.45, 2.75) is 30.7 Å². The van der Waals surface area contributed by atoms with Gasteiger partial charge in [0.25, 0.3) is 11.4 Å². The van der Waals surface area contributed by atoms with Crippen molar-refractivity contribution in [3.05, 3.63) is 62.7 Å². The van der Waals surface area contributed by atoms with Gasteiger partial charge in [-0.3, -0.25) is 20.2 Å². The second-order valence-electron chi connectivity index (χ2n) is 6.65. The highest BCUT2D eigenvalue weighted by molar-refractivity contribution is 5.78. The van der Waals surface area contributed by atoms with E-state index < -0.39 is 58.5 Å². The number of rotatable bonds is 7. The van der Waals surface area contributed by atoms with Gasteiger partial charge in [0.15, 0.2) is 5.69 Å². The molecule has 0 radical (unpaired) electrons. The average molecular weight is 437 g/mol. The van der Waals surface area contributed by atoms with Crippen LogP contribution in [-0.2, 0) is 4.74 Å². The Bertz CT molecular complexity index is 920. The van der Waals surface area contributed by atoms with Crippen LogP contribution in [0, 0.1) is 20.2 Å². The van der Waals surface area contributed by atoms with E-state index in [4.69, 9.17) is 9.47 Å². The lowest BCUT2D eigenvalue weighted by atomic mass is 9.99. The molecule has 0 aromatic heterocycles. The van der Waals surface area contributed by atoms with Gasteiger partial charge in [0.05, 0.1) is 16.5 Å². The van der Waals surface area contributed by atoms with E-state index in [0.29, 0.717) is 0 Å². The van der Waals surface area contributed by atoms with Crippen molar-refractivity contribution in [3.8, 4) is 5.75 Å². The highest BCUT2D eigenvalue weighted by Crippen LogP contribution is 2.36. The monoisotopic (exact) mass is 437 g/mol. The summed E-state index contributed by atoms with van der Waals surface area (Å²) in [5.41, 5.74) is -0.967. The van der Waals surface area contributed by atoms with Gasteiger partial charge in [0.1, 0.15) is 30.2 Å². The number of para-hydroxylation sites is 1. The maximum Gasteiger partial charge on any atom is 0.299 e. The minimum atomic E-state index is -1.60. The van der Waals surface area contributed by atoms with Crippen LogP contribution in [0.4, 0.5) is 22.7 Å². The Balaban J connectivity index is 1.77. The molecule has 0 amide bonds. The summed E-state index contributed by atoms with van der Waals surface area (Å²) in [6, 6.07) is 9.09. The third-order valence-corrected chi connectivity index (χ3v) is 4.64. The first-order chi connectivity index (χ1) is 14.7. The molecular formula is C18H19N3O10. The third-order valence-electron chi connectivity index (χ3n) is 4.64. The number of nitro benzene ring substituents is 2. The first-order valence-electron chi connectivity index (χ1n) is 8.99. The molecule has 1 heterocycles. The van der Waals surface area contributed by atoms with Gasteiger partial charge in [-0.15, -0.1) is 0 Å². The molecule has 13 heteroatoms. The number of aliphatic hydroxyl groups excluding tert-OH is 4. The van der Waals surface area contributed by atoms with Crippen molar-refractivity contribution in [1.82, 2.24) is 0 Å². The van der Waals surface area contributed by atoms with Gasteiger partial charge in [-0.05, 0) is 30.3 Å². The SMILES string of the molecule is O=[N+]([O-])c1cccc([N+](=O)[O-])c1Nc1ccc(OC2OC(CO)C(O)C(O)C2O)cc1. The molecule has 0 aliphatic carbocycles. The molecule has 1 aliphatic rings. The van der Waals surface area contributed by atoms with Crippen LogP contribution in [-0.4, -0.2) is 67.6 Å². The third kappa shape index (κ3) is 4.70. The molecule has 5 N–H and O–H groups in total. The van der Waals surface area contributed by atoms with Crippen LogP contribution in [0.5, 0.6) is 5.75 Å². The molecule has 2 aromatic rings. The molecule has 3 rings (SSSR count). The van der Waals surface area contributed by atoms with Crippen LogP contribution < -0.4 is 10.1 Å². The van der Waals surface area contributed by atoms with Crippen LogP contribution >= 0.6 is 0 Å². The Morgan fingerprint density at radius 3 is 2.03 bits per heavy atom. The summed E-state index contributed by atoms with van der Waals surface area (Å²) in [5, 5.41) is 63.9. The predicted octanol–water partition coefficient (Wildman–Crippen LogP) is 0.425. The zero-order valence-electron chi connectivity index (χ0n) is 15.8. The summed E-state index contributed by atoms with van der Waals surface area (Å²) in [5.74, 6) is 0.159. The van der Waals surface area contributed by atoms with Crippen LogP contribution in [0.15, 0.2) is 42.5 Å². The molecule has 13 nitrogen and oxygen atoms in total. The number of nitrogens with one attached hydrogen (secondary N) is 1. The molecule has 0 saturated carbocycles. The van der Waals surface area contributed by atoms with E-state index in [-0.39, 0.29) is 17.1 Å². The van der Waals surface area contributed by atoms with Gasteiger partial charge in [-0.1, -0.05) is 0 Å². The van der Waals surface area contributed by atoms with E-state index in [2.05, 4.69) is 5.32 Å². The molecule has 5 atom stereocenters. The summed E-state index contributed by atoms with van der Waals surface area (Å²) in [6.07, 6.45) is -7.24. The molecule has 1 saturated heterocycles. The van der Waals surface area contributed by atoms with Gasteiger partial charge in [-0.25, -0.2) is 0 Å². The lowest BCUT2D eigenvalue weighted by molar-refractivity contribution is -0.392. The normalized spacial score (nSPS) is 25.6. The molecule has 0 spiro atoms. The molecule has 2 aromatic carbocycles. The zero-order chi connectivity index (χ0) is 22.7.